The molecule has 0 aliphatic heterocycles. The van der Waals surface area contributed by atoms with Gasteiger partial charge in [-0.25, -0.2) is 0 Å². The zero-order valence-corrected chi connectivity index (χ0v) is 12.6. The first-order valence-electron chi connectivity index (χ1n) is 7.89. The summed E-state index contributed by atoms with van der Waals surface area (Å²) in [6.07, 6.45) is 7.01. The van der Waals surface area contributed by atoms with E-state index in [9.17, 15) is 0 Å². The maximum absolute atomic E-state index is 4.66. The Labute approximate surface area is 121 Å². The Morgan fingerprint density at radius 3 is 2.80 bits per heavy atom. The summed E-state index contributed by atoms with van der Waals surface area (Å²) in [4.78, 5) is 0. The van der Waals surface area contributed by atoms with Gasteiger partial charge in [0, 0.05) is 25.0 Å². The van der Waals surface area contributed by atoms with Gasteiger partial charge in [-0.15, -0.1) is 0 Å². The third-order valence-electron chi connectivity index (χ3n) is 4.78. The van der Waals surface area contributed by atoms with Crippen molar-refractivity contribution in [3.05, 3.63) is 30.0 Å². The molecule has 0 bridgehead atoms. The first-order valence-corrected chi connectivity index (χ1v) is 7.89. The van der Waals surface area contributed by atoms with Crippen molar-refractivity contribution in [3.8, 4) is 0 Å². The highest BCUT2D eigenvalue weighted by atomic mass is 15.3. The number of nitrogens with one attached hydrogen (secondary N) is 1. The monoisotopic (exact) mass is 271 g/mol. The second-order valence-electron chi connectivity index (χ2n) is 6.16. The number of hydrogen-bond donors (Lipinski definition) is 1. The zero-order chi connectivity index (χ0) is 13.9. The Hall–Kier alpha value is -1.35. The lowest BCUT2D eigenvalue weighted by molar-refractivity contribution is 0.280. The fraction of sp³-hybridized carbons (Fsp3) is 0.588. The Bertz CT molecular complexity index is 567. The highest BCUT2D eigenvalue weighted by molar-refractivity contribution is 5.81. The molecule has 0 spiro atoms. The van der Waals surface area contributed by atoms with Crippen molar-refractivity contribution < 1.29 is 0 Å². The lowest BCUT2D eigenvalue weighted by Gasteiger charge is -2.28. The molecule has 2 aromatic rings. The van der Waals surface area contributed by atoms with Gasteiger partial charge in [0.2, 0.25) is 0 Å². The Balaban J connectivity index is 1.67. The molecule has 0 radical (unpaired) electrons. The van der Waals surface area contributed by atoms with Crippen LogP contribution in [-0.4, -0.2) is 15.8 Å². The Kier molecular flexibility index (Phi) is 4.06. The number of nitrogens with zero attached hydrogens (tertiary/aromatic N) is 2. The second-order valence-corrected chi connectivity index (χ2v) is 6.16. The number of hydrogen-bond acceptors (Lipinski definition) is 2. The maximum Gasteiger partial charge on any atom is 0.0841 e. The zero-order valence-electron chi connectivity index (χ0n) is 12.6. The van der Waals surface area contributed by atoms with Gasteiger partial charge in [-0.05, 0) is 31.7 Å². The fourth-order valence-electron chi connectivity index (χ4n) is 3.48. The summed E-state index contributed by atoms with van der Waals surface area (Å²) >= 11 is 0. The van der Waals surface area contributed by atoms with Crippen molar-refractivity contribution in [1.82, 2.24) is 15.1 Å². The van der Waals surface area contributed by atoms with Gasteiger partial charge in [-0.2, -0.15) is 5.10 Å². The molecule has 0 unspecified atom stereocenters. The SMILES string of the molecule is C[C@H](NCc1nn(C)c2ccccc12)C1CCCCC1. The summed E-state index contributed by atoms with van der Waals surface area (Å²) in [5, 5.41) is 9.64. The summed E-state index contributed by atoms with van der Waals surface area (Å²) in [5.41, 5.74) is 2.39. The van der Waals surface area contributed by atoms with E-state index in [-0.39, 0.29) is 0 Å². The molecule has 1 aromatic carbocycles. The lowest BCUT2D eigenvalue weighted by Crippen LogP contribution is -2.34. The summed E-state index contributed by atoms with van der Waals surface area (Å²) < 4.78 is 1.98. The van der Waals surface area contributed by atoms with E-state index in [0.717, 1.165) is 12.5 Å². The number of para-hydroxylation sites is 1. The van der Waals surface area contributed by atoms with Crippen LogP contribution in [0.3, 0.4) is 0 Å². The molecule has 108 valence electrons. The highest BCUT2D eigenvalue weighted by Gasteiger charge is 2.20. The van der Waals surface area contributed by atoms with Crippen molar-refractivity contribution in [3.63, 3.8) is 0 Å². The van der Waals surface area contributed by atoms with E-state index in [1.54, 1.807) is 0 Å². The van der Waals surface area contributed by atoms with Crippen molar-refractivity contribution in [2.24, 2.45) is 13.0 Å². The summed E-state index contributed by atoms with van der Waals surface area (Å²) in [6, 6.07) is 9.07. The smallest absolute Gasteiger partial charge is 0.0841 e. The number of aromatic nitrogens is 2. The van der Waals surface area contributed by atoms with Gasteiger partial charge in [-0.3, -0.25) is 4.68 Å². The molecule has 1 atom stereocenters. The molecule has 1 fully saturated rings. The molecular weight excluding hydrogens is 246 g/mol. The quantitative estimate of drug-likeness (QED) is 0.920. The fourth-order valence-corrected chi connectivity index (χ4v) is 3.48. The van der Waals surface area contributed by atoms with Gasteiger partial charge in [0.05, 0.1) is 11.2 Å². The Morgan fingerprint density at radius 1 is 1.25 bits per heavy atom. The molecular formula is C17H25N3. The molecule has 1 heterocycles. The first-order chi connectivity index (χ1) is 9.75. The summed E-state index contributed by atoms with van der Waals surface area (Å²) in [5.74, 6) is 0.846. The van der Waals surface area contributed by atoms with E-state index in [1.807, 2.05) is 11.7 Å². The standard InChI is InChI=1S/C17H25N3/c1-13(14-8-4-3-5-9-14)18-12-16-15-10-6-7-11-17(15)20(2)19-16/h6-7,10-11,13-14,18H,3-5,8-9,12H2,1-2H3/t13-/m0/s1. The third kappa shape index (κ3) is 2.73. The van der Waals surface area contributed by atoms with E-state index in [2.05, 4.69) is 41.6 Å². The largest absolute Gasteiger partial charge is 0.308 e. The number of aryl methyl sites for hydroxylation is 1. The average Bonchev–Trinajstić information content (AvgIpc) is 2.83. The average molecular weight is 271 g/mol. The van der Waals surface area contributed by atoms with Crippen LogP contribution in [0.1, 0.15) is 44.7 Å². The van der Waals surface area contributed by atoms with Crippen LogP contribution in [0.25, 0.3) is 10.9 Å². The molecule has 1 N–H and O–H groups in total. The lowest BCUT2D eigenvalue weighted by atomic mass is 9.84. The van der Waals surface area contributed by atoms with Crippen molar-refractivity contribution >= 4 is 10.9 Å². The Morgan fingerprint density at radius 2 is 2.00 bits per heavy atom. The minimum Gasteiger partial charge on any atom is -0.308 e. The van der Waals surface area contributed by atoms with Gasteiger partial charge in [-0.1, -0.05) is 37.5 Å². The highest BCUT2D eigenvalue weighted by Crippen LogP contribution is 2.26. The number of fused-ring (bicyclic) bond motifs is 1. The van der Waals surface area contributed by atoms with Crippen LogP contribution in [-0.2, 0) is 13.6 Å². The molecule has 1 aliphatic carbocycles. The number of rotatable bonds is 4. The molecule has 1 saturated carbocycles. The van der Waals surface area contributed by atoms with Gasteiger partial charge >= 0.3 is 0 Å². The molecule has 0 amide bonds. The van der Waals surface area contributed by atoms with E-state index in [4.69, 9.17) is 0 Å². The molecule has 1 aromatic heterocycles. The molecule has 0 saturated heterocycles. The minimum atomic E-state index is 0.594. The first kappa shape index (κ1) is 13.6. The third-order valence-corrected chi connectivity index (χ3v) is 4.78. The van der Waals surface area contributed by atoms with Crippen LogP contribution < -0.4 is 5.32 Å². The van der Waals surface area contributed by atoms with Crippen LogP contribution in [0.4, 0.5) is 0 Å². The van der Waals surface area contributed by atoms with E-state index >= 15 is 0 Å². The van der Waals surface area contributed by atoms with Gasteiger partial charge < -0.3 is 5.32 Å². The van der Waals surface area contributed by atoms with E-state index in [0.29, 0.717) is 6.04 Å². The normalized spacial score (nSPS) is 18.5. The van der Waals surface area contributed by atoms with Gasteiger partial charge in [0.15, 0.2) is 0 Å². The topological polar surface area (TPSA) is 29.9 Å². The summed E-state index contributed by atoms with van der Waals surface area (Å²) in [6.45, 7) is 3.21. The van der Waals surface area contributed by atoms with Crippen LogP contribution >= 0.6 is 0 Å². The predicted octanol–water partition coefficient (Wildman–Crippen LogP) is 3.63. The molecule has 1 aliphatic rings. The van der Waals surface area contributed by atoms with Gasteiger partial charge in [0.25, 0.3) is 0 Å². The van der Waals surface area contributed by atoms with Crippen molar-refractivity contribution in [2.75, 3.05) is 0 Å². The van der Waals surface area contributed by atoms with Crippen LogP contribution in [0, 0.1) is 5.92 Å². The van der Waals surface area contributed by atoms with E-state index < -0.39 is 0 Å². The maximum atomic E-state index is 4.66. The number of benzene rings is 1. The van der Waals surface area contributed by atoms with Crippen molar-refractivity contribution in [1.29, 1.82) is 0 Å². The molecule has 20 heavy (non-hydrogen) atoms. The van der Waals surface area contributed by atoms with Crippen LogP contribution in [0.15, 0.2) is 24.3 Å². The predicted molar refractivity (Wildman–Crippen MR) is 83.6 cm³/mol. The second kappa shape index (κ2) is 5.96. The van der Waals surface area contributed by atoms with E-state index in [1.165, 1.54) is 48.7 Å². The van der Waals surface area contributed by atoms with Gasteiger partial charge in [0.1, 0.15) is 0 Å². The molecule has 3 rings (SSSR count). The van der Waals surface area contributed by atoms with Crippen LogP contribution in [0.2, 0.25) is 0 Å². The molecule has 3 nitrogen and oxygen atoms in total. The summed E-state index contributed by atoms with van der Waals surface area (Å²) in [7, 11) is 2.02. The molecule has 3 heteroatoms. The van der Waals surface area contributed by atoms with Crippen LogP contribution in [0.5, 0.6) is 0 Å². The minimum absolute atomic E-state index is 0.594. The van der Waals surface area contributed by atoms with Crippen molar-refractivity contribution in [2.45, 2.75) is 51.6 Å².